The summed E-state index contributed by atoms with van der Waals surface area (Å²) in [7, 11) is 0. The number of hydrogen-bond acceptors (Lipinski definition) is 4. The van der Waals surface area contributed by atoms with E-state index in [0.29, 0.717) is 29.8 Å². The predicted molar refractivity (Wildman–Crippen MR) is 120 cm³/mol. The van der Waals surface area contributed by atoms with Gasteiger partial charge in [0, 0.05) is 17.1 Å². The van der Waals surface area contributed by atoms with E-state index >= 15 is 0 Å². The van der Waals surface area contributed by atoms with E-state index in [4.69, 9.17) is 0 Å². The standard InChI is InChI=1S/C23H31F2N3O2S/c1-5-7-19(27-21(29)11-15-9-17(24)12-18(25)10-15)22(30)28-23-26-13-20(31-23)16(6-2)8-14(3)4/h9-10,12-14,16,19H,5-8,11H2,1-4H3,(H,27,29)(H,26,28,30). The second-order valence-corrected chi connectivity index (χ2v) is 9.22. The molecule has 0 aliphatic rings. The molecule has 2 amide bonds. The van der Waals surface area contributed by atoms with Crippen molar-refractivity contribution in [1.82, 2.24) is 10.3 Å². The first-order valence-corrected chi connectivity index (χ1v) is 11.5. The molecule has 0 bridgehead atoms. The summed E-state index contributed by atoms with van der Waals surface area (Å²) in [4.78, 5) is 30.6. The monoisotopic (exact) mass is 451 g/mol. The summed E-state index contributed by atoms with van der Waals surface area (Å²) < 4.78 is 26.7. The Hall–Kier alpha value is -2.35. The van der Waals surface area contributed by atoms with Crippen LogP contribution in [0.25, 0.3) is 0 Å². The highest BCUT2D eigenvalue weighted by Gasteiger charge is 2.22. The van der Waals surface area contributed by atoms with Gasteiger partial charge in [-0.15, -0.1) is 11.3 Å². The number of anilines is 1. The number of nitrogens with zero attached hydrogens (tertiary/aromatic N) is 1. The molecule has 0 aliphatic heterocycles. The van der Waals surface area contributed by atoms with Gasteiger partial charge in [-0.1, -0.05) is 34.1 Å². The highest BCUT2D eigenvalue weighted by Crippen LogP contribution is 2.32. The van der Waals surface area contributed by atoms with E-state index in [1.165, 1.54) is 11.3 Å². The number of rotatable bonds is 11. The van der Waals surface area contributed by atoms with E-state index < -0.39 is 23.6 Å². The smallest absolute Gasteiger partial charge is 0.248 e. The van der Waals surface area contributed by atoms with E-state index in [9.17, 15) is 18.4 Å². The largest absolute Gasteiger partial charge is 0.344 e. The molecule has 2 unspecified atom stereocenters. The van der Waals surface area contributed by atoms with Gasteiger partial charge in [-0.3, -0.25) is 9.59 Å². The molecule has 0 saturated heterocycles. The summed E-state index contributed by atoms with van der Waals surface area (Å²) in [6, 6.07) is 2.22. The molecule has 2 aromatic rings. The maximum Gasteiger partial charge on any atom is 0.248 e. The molecule has 8 heteroatoms. The lowest BCUT2D eigenvalue weighted by Gasteiger charge is -2.17. The van der Waals surface area contributed by atoms with Crippen LogP contribution in [0.1, 0.15) is 69.7 Å². The number of benzene rings is 1. The number of carbonyl (C=O) groups is 2. The van der Waals surface area contributed by atoms with Gasteiger partial charge in [0.05, 0.1) is 6.42 Å². The van der Waals surface area contributed by atoms with Gasteiger partial charge >= 0.3 is 0 Å². The molecule has 31 heavy (non-hydrogen) atoms. The van der Waals surface area contributed by atoms with Crippen LogP contribution in [-0.4, -0.2) is 22.8 Å². The van der Waals surface area contributed by atoms with Crippen molar-refractivity contribution in [1.29, 1.82) is 0 Å². The molecular weight excluding hydrogens is 420 g/mol. The van der Waals surface area contributed by atoms with Gasteiger partial charge in [0.15, 0.2) is 5.13 Å². The van der Waals surface area contributed by atoms with E-state index in [0.717, 1.165) is 35.9 Å². The number of hydrogen-bond donors (Lipinski definition) is 2. The molecule has 2 atom stereocenters. The SMILES string of the molecule is CCCC(NC(=O)Cc1cc(F)cc(F)c1)C(=O)Nc1ncc(C(CC)CC(C)C)s1. The van der Waals surface area contributed by atoms with Crippen LogP contribution in [0.4, 0.5) is 13.9 Å². The topological polar surface area (TPSA) is 71.1 Å². The van der Waals surface area contributed by atoms with Crippen molar-refractivity contribution < 1.29 is 18.4 Å². The Kier molecular flexibility index (Phi) is 9.55. The third-order valence-corrected chi connectivity index (χ3v) is 6.00. The molecule has 0 radical (unpaired) electrons. The first kappa shape index (κ1) is 24.9. The van der Waals surface area contributed by atoms with Gasteiger partial charge in [-0.25, -0.2) is 13.8 Å². The summed E-state index contributed by atoms with van der Waals surface area (Å²) in [5.41, 5.74) is 0.214. The fourth-order valence-corrected chi connectivity index (χ4v) is 4.50. The van der Waals surface area contributed by atoms with Gasteiger partial charge in [0.25, 0.3) is 0 Å². The van der Waals surface area contributed by atoms with Crippen molar-refractivity contribution in [3.8, 4) is 0 Å². The summed E-state index contributed by atoms with van der Waals surface area (Å²) in [5, 5.41) is 5.98. The van der Waals surface area contributed by atoms with Crippen LogP contribution in [0.5, 0.6) is 0 Å². The molecule has 0 saturated carbocycles. The second kappa shape index (κ2) is 11.9. The number of amides is 2. The van der Waals surface area contributed by atoms with Crippen molar-refractivity contribution in [2.24, 2.45) is 5.92 Å². The van der Waals surface area contributed by atoms with Crippen molar-refractivity contribution in [3.63, 3.8) is 0 Å². The Morgan fingerprint density at radius 2 is 1.81 bits per heavy atom. The molecular formula is C23H31F2N3O2S. The van der Waals surface area contributed by atoms with E-state index in [1.807, 2.05) is 13.1 Å². The molecule has 170 valence electrons. The van der Waals surface area contributed by atoms with Crippen LogP contribution in [0.2, 0.25) is 0 Å². The number of aromatic nitrogens is 1. The summed E-state index contributed by atoms with van der Waals surface area (Å²) in [6.07, 6.45) is 4.78. The third kappa shape index (κ3) is 8.01. The second-order valence-electron chi connectivity index (χ2n) is 8.16. The zero-order valence-electron chi connectivity index (χ0n) is 18.5. The molecule has 1 aromatic heterocycles. The van der Waals surface area contributed by atoms with Gasteiger partial charge in [0.1, 0.15) is 17.7 Å². The highest BCUT2D eigenvalue weighted by atomic mass is 32.1. The van der Waals surface area contributed by atoms with Crippen LogP contribution < -0.4 is 10.6 Å². The minimum atomic E-state index is -0.749. The zero-order valence-corrected chi connectivity index (χ0v) is 19.3. The normalized spacial score (nSPS) is 13.1. The Balaban J connectivity index is 2.01. The number of nitrogens with one attached hydrogen (secondary N) is 2. The molecule has 5 nitrogen and oxygen atoms in total. The van der Waals surface area contributed by atoms with Crippen LogP contribution in [-0.2, 0) is 16.0 Å². The van der Waals surface area contributed by atoms with Crippen LogP contribution in [0, 0.1) is 17.6 Å². The van der Waals surface area contributed by atoms with Crippen LogP contribution >= 0.6 is 11.3 Å². The maximum absolute atomic E-state index is 13.3. The quantitative estimate of drug-likeness (QED) is 0.479. The van der Waals surface area contributed by atoms with Gasteiger partial charge in [0.2, 0.25) is 11.8 Å². The lowest BCUT2D eigenvalue weighted by Crippen LogP contribution is -2.44. The van der Waals surface area contributed by atoms with Gasteiger partial charge < -0.3 is 10.6 Å². The fourth-order valence-electron chi connectivity index (χ4n) is 3.48. The summed E-state index contributed by atoms with van der Waals surface area (Å²) in [6.45, 7) is 8.42. The third-order valence-electron chi connectivity index (χ3n) is 4.92. The number of thiazole rings is 1. The predicted octanol–water partition coefficient (Wildman–Crippen LogP) is 5.43. The average molecular weight is 452 g/mol. The van der Waals surface area contributed by atoms with Crippen LogP contribution in [0.15, 0.2) is 24.4 Å². The molecule has 1 heterocycles. The van der Waals surface area contributed by atoms with Gasteiger partial charge in [-0.2, -0.15) is 0 Å². The Morgan fingerprint density at radius 1 is 1.13 bits per heavy atom. The van der Waals surface area contributed by atoms with Gasteiger partial charge in [-0.05, 0) is 48.8 Å². The molecule has 0 spiro atoms. The lowest BCUT2D eigenvalue weighted by atomic mass is 9.94. The fraction of sp³-hybridized carbons (Fsp3) is 0.522. The molecule has 0 fully saturated rings. The van der Waals surface area contributed by atoms with Crippen molar-refractivity contribution >= 4 is 28.3 Å². The first-order valence-electron chi connectivity index (χ1n) is 10.7. The lowest BCUT2D eigenvalue weighted by molar-refractivity contribution is -0.126. The molecule has 1 aromatic carbocycles. The Morgan fingerprint density at radius 3 is 2.39 bits per heavy atom. The summed E-state index contributed by atoms with van der Waals surface area (Å²) >= 11 is 1.46. The highest BCUT2D eigenvalue weighted by molar-refractivity contribution is 7.15. The Bertz CT molecular complexity index is 865. The number of carbonyl (C=O) groups excluding carboxylic acids is 2. The molecule has 2 rings (SSSR count). The number of halogens is 2. The molecule has 0 aliphatic carbocycles. The maximum atomic E-state index is 13.3. The summed E-state index contributed by atoms with van der Waals surface area (Å²) in [5.74, 6) is -1.33. The Labute approximate surface area is 186 Å². The van der Waals surface area contributed by atoms with Crippen LogP contribution in [0.3, 0.4) is 0 Å². The molecule has 2 N–H and O–H groups in total. The minimum Gasteiger partial charge on any atom is -0.344 e. The van der Waals surface area contributed by atoms with E-state index in [2.05, 4.69) is 36.4 Å². The van der Waals surface area contributed by atoms with E-state index in [-0.39, 0.29) is 17.9 Å². The zero-order chi connectivity index (χ0) is 23.0. The minimum absolute atomic E-state index is 0.211. The van der Waals surface area contributed by atoms with Crippen molar-refractivity contribution in [3.05, 3.63) is 46.5 Å². The average Bonchev–Trinajstić information content (AvgIpc) is 3.12. The van der Waals surface area contributed by atoms with E-state index in [1.54, 1.807) is 0 Å². The van der Waals surface area contributed by atoms with Crippen molar-refractivity contribution in [2.45, 2.75) is 71.8 Å². The first-order chi connectivity index (χ1) is 14.7. The van der Waals surface area contributed by atoms with Crippen molar-refractivity contribution in [2.75, 3.05) is 5.32 Å².